The molecule has 0 bridgehead atoms. The van der Waals surface area contributed by atoms with E-state index in [1.165, 1.54) is 0 Å². The van der Waals surface area contributed by atoms with Gasteiger partial charge in [-0.05, 0) is 6.92 Å². The lowest BCUT2D eigenvalue weighted by Crippen LogP contribution is -2.37. The standard InChI is InChI=1S/C6H9NO3/c1-3-2-4(8)5(7-3)6(9)10/h3,5,7H,2H2,1H3,(H,9,10). The molecule has 1 aliphatic rings. The van der Waals surface area contributed by atoms with Crippen LogP contribution in [0.3, 0.4) is 0 Å². The fraction of sp³-hybridized carbons (Fsp3) is 0.667. The molecule has 0 aromatic rings. The van der Waals surface area contributed by atoms with Crippen LogP contribution in [-0.4, -0.2) is 28.9 Å². The summed E-state index contributed by atoms with van der Waals surface area (Å²) in [6.45, 7) is 1.79. The van der Waals surface area contributed by atoms with Gasteiger partial charge in [-0.1, -0.05) is 0 Å². The SMILES string of the molecule is CC1CC(=O)C(C(=O)O)N1. The highest BCUT2D eigenvalue weighted by Gasteiger charge is 2.34. The molecule has 10 heavy (non-hydrogen) atoms. The molecular formula is C6H9NO3. The molecule has 0 aromatic heterocycles. The van der Waals surface area contributed by atoms with Crippen molar-refractivity contribution in [2.45, 2.75) is 25.4 Å². The van der Waals surface area contributed by atoms with Crippen LogP contribution < -0.4 is 5.32 Å². The number of rotatable bonds is 1. The Kier molecular flexibility index (Phi) is 1.72. The summed E-state index contributed by atoms with van der Waals surface area (Å²) >= 11 is 0. The molecule has 1 saturated heterocycles. The van der Waals surface area contributed by atoms with Crippen molar-refractivity contribution in [2.24, 2.45) is 0 Å². The van der Waals surface area contributed by atoms with Gasteiger partial charge in [0.1, 0.15) is 0 Å². The molecule has 0 saturated carbocycles. The predicted molar refractivity (Wildman–Crippen MR) is 33.6 cm³/mol. The molecule has 4 nitrogen and oxygen atoms in total. The van der Waals surface area contributed by atoms with Crippen LogP contribution in [0.25, 0.3) is 0 Å². The molecule has 2 N–H and O–H groups in total. The number of carboxylic acid groups (broad SMARTS) is 1. The molecular weight excluding hydrogens is 134 g/mol. The molecule has 0 radical (unpaired) electrons. The number of carboxylic acids is 1. The number of ketones is 1. The fourth-order valence-electron chi connectivity index (χ4n) is 1.07. The first-order valence-electron chi connectivity index (χ1n) is 3.13. The van der Waals surface area contributed by atoms with E-state index in [1.807, 2.05) is 0 Å². The number of carbonyl (C=O) groups excluding carboxylic acids is 1. The van der Waals surface area contributed by atoms with Gasteiger partial charge in [0, 0.05) is 12.5 Å². The van der Waals surface area contributed by atoms with E-state index in [1.54, 1.807) is 6.92 Å². The lowest BCUT2D eigenvalue weighted by atomic mass is 10.2. The largest absolute Gasteiger partial charge is 0.480 e. The molecule has 56 valence electrons. The Morgan fingerprint density at radius 1 is 1.80 bits per heavy atom. The molecule has 0 aromatic carbocycles. The highest BCUT2D eigenvalue weighted by atomic mass is 16.4. The van der Waals surface area contributed by atoms with Gasteiger partial charge in [-0.25, -0.2) is 0 Å². The first-order chi connectivity index (χ1) is 4.61. The van der Waals surface area contributed by atoms with Crippen molar-refractivity contribution in [2.75, 3.05) is 0 Å². The van der Waals surface area contributed by atoms with Crippen molar-refractivity contribution >= 4 is 11.8 Å². The Morgan fingerprint density at radius 3 is 2.60 bits per heavy atom. The van der Waals surface area contributed by atoms with Crippen molar-refractivity contribution in [1.82, 2.24) is 5.32 Å². The third-order valence-corrected chi connectivity index (χ3v) is 1.53. The minimum atomic E-state index is -1.07. The third kappa shape index (κ3) is 1.16. The van der Waals surface area contributed by atoms with Gasteiger partial charge >= 0.3 is 5.97 Å². The van der Waals surface area contributed by atoms with E-state index in [4.69, 9.17) is 5.11 Å². The number of Topliss-reactive ketones (excluding diaryl/α,β-unsaturated/α-hetero) is 1. The third-order valence-electron chi connectivity index (χ3n) is 1.53. The maximum Gasteiger partial charge on any atom is 0.328 e. The topological polar surface area (TPSA) is 66.4 Å². The molecule has 1 heterocycles. The van der Waals surface area contributed by atoms with E-state index in [9.17, 15) is 9.59 Å². The zero-order valence-corrected chi connectivity index (χ0v) is 5.63. The fourth-order valence-corrected chi connectivity index (χ4v) is 1.07. The molecule has 1 fully saturated rings. The minimum Gasteiger partial charge on any atom is -0.480 e. The zero-order chi connectivity index (χ0) is 7.72. The highest BCUT2D eigenvalue weighted by Crippen LogP contribution is 2.07. The Labute approximate surface area is 58.2 Å². The van der Waals surface area contributed by atoms with Gasteiger partial charge < -0.3 is 5.11 Å². The van der Waals surface area contributed by atoms with E-state index in [-0.39, 0.29) is 11.8 Å². The Morgan fingerprint density at radius 2 is 2.40 bits per heavy atom. The van der Waals surface area contributed by atoms with Crippen LogP contribution in [0, 0.1) is 0 Å². The normalized spacial score (nSPS) is 32.7. The minimum absolute atomic E-state index is 0.00796. The van der Waals surface area contributed by atoms with Crippen molar-refractivity contribution in [3.05, 3.63) is 0 Å². The monoisotopic (exact) mass is 143 g/mol. The number of aliphatic carboxylic acids is 1. The van der Waals surface area contributed by atoms with E-state index in [0.717, 1.165) is 0 Å². The second-order valence-electron chi connectivity index (χ2n) is 2.51. The van der Waals surface area contributed by atoms with Gasteiger partial charge in [-0.2, -0.15) is 0 Å². The van der Waals surface area contributed by atoms with E-state index in [0.29, 0.717) is 6.42 Å². The first kappa shape index (κ1) is 7.21. The first-order valence-corrected chi connectivity index (χ1v) is 3.13. The molecule has 0 amide bonds. The van der Waals surface area contributed by atoms with E-state index in [2.05, 4.69) is 5.32 Å². The Balaban J connectivity index is 2.63. The van der Waals surface area contributed by atoms with Crippen LogP contribution in [0.5, 0.6) is 0 Å². The number of carbonyl (C=O) groups is 2. The van der Waals surface area contributed by atoms with Crippen LogP contribution in [-0.2, 0) is 9.59 Å². The lowest BCUT2D eigenvalue weighted by Gasteiger charge is -2.02. The van der Waals surface area contributed by atoms with Crippen LogP contribution in [0.2, 0.25) is 0 Å². The number of hydrogen-bond acceptors (Lipinski definition) is 3. The van der Waals surface area contributed by atoms with Gasteiger partial charge in [0.15, 0.2) is 11.8 Å². The summed E-state index contributed by atoms with van der Waals surface area (Å²) in [6, 6.07) is -0.955. The summed E-state index contributed by atoms with van der Waals surface area (Å²) in [5.74, 6) is -1.30. The van der Waals surface area contributed by atoms with Crippen LogP contribution >= 0.6 is 0 Å². The van der Waals surface area contributed by atoms with Crippen molar-refractivity contribution in [3.8, 4) is 0 Å². The summed E-state index contributed by atoms with van der Waals surface area (Å²) in [4.78, 5) is 21.1. The van der Waals surface area contributed by atoms with Crippen molar-refractivity contribution < 1.29 is 14.7 Å². The van der Waals surface area contributed by atoms with E-state index < -0.39 is 12.0 Å². The smallest absolute Gasteiger partial charge is 0.328 e. The average Bonchev–Trinajstić information content (AvgIpc) is 2.10. The Hall–Kier alpha value is -0.900. The van der Waals surface area contributed by atoms with E-state index >= 15 is 0 Å². The summed E-state index contributed by atoms with van der Waals surface area (Å²) < 4.78 is 0. The maximum atomic E-state index is 10.8. The lowest BCUT2D eigenvalue weighted by molar-refractivity contribution is -0.141. The summed E-state index contributed by atoms with van der Waals surface area (Å²) in [7, 11) is 0. The van der Waals surface area contributed by atoms with Gasteiger partial charge in [0.05, 0.1) is 0 Å². The van der Waals surface area contributed by atoms with Crippen LogP contribution in [0.4, 0.5) is 0 Å². The highest BCUT2D eigenvalue weighted by molar-refractivity contribution is 6.04. The summed E-state index contributed by atoms with van der Waals surface area (Å²) in [5, 5.41) is 11.1. The second-order valence-corrected chi connectivity index (χ2v) is 2.51. The van der Waals surface area contributed by atoms with Gasteiger partial charge in [0.25, 0.3) is 0 Å². The summed E-state index contributed by atoms with van der Waals surface area (Å²) in [5.41, 5.74) is 0. The molecule has 1 aliphatic heterocycles. The van der Waals surface area contributed by atoms with Gasteiger partial charge in [0.2, 0.25) is 0 Å². The molecule has 2 atom stereocenters. The second kappa shape index (κ2) is 2.38. The van der Waals surface area contributed by atoms with Crippen LogP contribution in [0.1, 0.15) is 13.3 Å². The molecule has 0 aliphatic carbocycles. The summed E-state index contributed by atoms with van der Waals surface area (Å²) in [6.07, 6.45) is 0.330. The molecule has 1 rings (SSSR count). The predicted octanol–water partition coefficient (Wildman–Crippen LogP) is -0.609. The number of hydrogen-bond donors (Lipinski definition) is 2. The Bertz CT molecular complexity index is 178. The van der Waals surface area contributed by atoms with Crippen LogP contribution in [0.15, 0.2) is 0 Å². The van der Waals surface area contributed by atoms with Gasteiger partial charge in [-0.15, -0.1) is 0 Å². The molecule has 2 unspecified atom stereocenters. The van der Waals surface area contributed by atoms with Crippen molar-refractivity contribution in [1.29, 1.82) is 0 Å². The maximum absolute atomic E-state index is 10.8. The van der Waals surface area contributed by atoms with Crippen molar-refractivity contribution in [3.63, 3.8) is 0 Å². The molecule has 4 heteroatoms. The quantitative estimate of drug-likeness (QED) is 0.480. The molecule has 0 spiro atoms. The zero-order valence-electron chi connectivity index (χ0n) is 5.63. The number of nitrogens with one attached hydrogen (secondary N) is 1. The van der Waals surface area contributed by atoms with Gasteiger partial charge in [-0.3, -0.25) is 14.9 Å². The average molecular weight is 143 g/mol.